The average Bonchev–Trinajstić information content (AvgIpc) is 2.77. The minimum atomic E-state index is -4.06. The fraction of sp³-hybridized carbons (Fsp3) is 0.571. The molecule has 0 bridgehead atoms. The van der Waals surface area contributed by atoms with Gasteiger partial charge in [0.1, 0.15) is 5.60 Å². The Kier molecular flexibility index (Phi) is 9.20. The van der Waals surface area contributed by atoms with Crippen molar-refractivity contribution in [1.82, 2.24) is 15.1 Å². The summed E-state index contributed by atoms with van der Waals surface area (Å²) in [6, 6.07) is 7.38. The van der Waals surface area contributed by atoms with Crippen molar-refractivity contribution in [3.05, 3.63) is 30.3 Å². The molecule has 0 radical (unpaired) electrons. The van der Waals surface area contributed by atoms with Crippen LogP contribution in [0.25, 0.3) is 0 Å². The maximum absolute atomic E-state index is 12.6. The van der Waals surface area contributed by atoms with E-state index in [1.807, 2.05) is 0 Å². The molecule has 1 aromatic carbocycles. The van der Waals surface area contributed by atoms with Crippen LogP contribution in [0, 0.1) is 5.92 Å². The van der Waals surface area contributed by atoms with Crippen molar-refractivity contribution in [3.63, 3.8) is 0 Å². The number of hydrogen-bond acceptors (Lipinski definition) is 8. The second-order valence-corrected chi connectivity index (χ2v) is 10.2. The van der Waals surface area contributed by atoms with Gasteiger partial charge in [0.25, 0.3) is 10.0 Å². The van der Waals surface area contributed by atoms with Crippen LogP contribution in [0.1, 0.15) is 33.6 Å². The molecule has 0 saturated carbocycles. The summed E-state index contributed by atoms with van der Waals surface area (Å²) in [5.41, 5.74) is -0.639. The number of rotatable bonds is 8. The number of hydrogen-bond donors (Lipinski definition) is 2. The largest absolute Gasteiger partial charge is 0.444 e. The fourth-order valence-electron chi connectivity index (χ4n) is 3.09. The maximum Gasteiger partial charge on any atom is 0.410 e. The highest BCUT2D eigenvalue weighted by Gasteiger charge is 2.32. The van der Waals surface area contributed by atoms with Gasteiger partial charge in [-0.25, -0.2) is 18.0 Å². The van der Waals surface area contributed by atoms with Crippen LogP contribution in [0.4, 0.5) is 4.79 Å². The van der Waals surface area contributed by atoms with E-state index >= 15 is 0 Å². The van der Waals surface area contributed by atoms with Gasteiger partial charge in [0.2, 0.25) is 5.91 Å². The first-order chi connectivity index (χ1) is 15.4. The van der Waals surface area contributed by atoms with E-state index in [4.69, 9.17) is 9.47 Å². The van der Waals surface area contributed by atoms with Gasteiger partial charge in [0.05, 0.1) is 17.4 Å². The van der Waals surface area contributed by atoms with E-state index in [0.29, 0.717) is 19.4 Å². The van der Waals surface area contributed by atoms with Crippen LogP contribution in [0.15, 0.2) is 35.2 Å². The summed E-state index contributed by atoms with van der Waals surface area (Å²) in [7, 11) is -2.83. The normalized spacial score (nSPS) is 17.7. The molecule has 0 spiro atoms. The summed E-state index contributed by atoms with van der Waals surface area (Å²) in [5, 5.41) is 2.60. The molecule has 0 aliphatic carbocycles. The average molecular weight is 486 g/mol. The molecule has 1 saturated heterocycles. The van der Waals surface area contributed by atoms with E-state index in [0.717, 1.165) is 0 Å². The second kappa shape index (κ2) is 11.4. The monoisotopic (exact) mass is 485 g/mol. The number of likely N-dealkylation sites (tertiary alicyclic amines) is 1. The lowest BCUT2D eigenvalue weighted by molar-refractivity contribution is -0.158. The first-order valence-corrected chi connectivity index (χ1v) is 12.0. The molecular formula is C21H31N3O8S. The van der Waals surface area contributed by atoms with Crippen molar-refractivity contribution >= 4 is 28.0 Å². The van der Waals surface area contributed by atoms with Gasteiger partial charge in [0.15, 0.2) is 6.10 Å². The lowest BCUT2D eigenvalue weighted by atomic mass is 9.97. The summed E-state index contributed by atoms with van der Waals surface area (Å²) in [4.78, 5) is 44.9. The number of amides is 2. The molecule has 2 N–H and O–H groups in total. The number of methoxy groups -OCH3 is 1. The molecular weight excluding hydrogens is 454 g/mol. The zero-order chi connectivity index (χ0) is 24.6. The van der Waals surface area contributed by atoms with Crippen LogP contribution in [0.3, 0.4) is 0 Å². The topological polar surface area (TPSA) is 140 Å². The Bertz CT molecular complexity index is 931. The molecule has 1 aliphatic heterocycles. The third-order valence-corrected chi connectivity index (χ3v) is 5.95. The number of benzene rings is 1. The van der Waals surface area contributed by atoms with Crippen molar-refractivity contribution in [2.75, 3.05) is 26.7 Å². The van der Waals surface area contributed by atoms with Crippen molar-refractivity contribution < 1.29 is 37.1 Å². The molecule has 2 amide bonds. The van der Waals surface area contributed by atoms with Crippen LogP contribution in [-0.4, -0.2) is 69.7 Å². The van der Waals surface area contributed by atoms with Gasteiger partial charge in [-0.3, -0.25) is 4.79 Å². The highest BCUT2D eigenvalue weighted by atomic mass is 32.2. The van der Waals surface area contributed by atoms with Gasteiger partial charge in [-0.15, -0.1) is 0 Å². The van der Waals surface area contributed by atoms with E-state index in [1.165, 1.54) is 36.3 Å². The van der Waals surface area contributed by atoms with Crippen molar-refractivity contribution in [1.29, 1.82) is 0 Å². The van der Waals surface area contributed by atoms with Gasteiger partial charge in [0, 0.05) is 20.2 Å². The minimum absolute atomic E-state index is 0.0769. The SMILES string of the molecule is CO[C@@H](CNC(=O)C1CCCN(C(=O)OC(C)(C)C)C1)C(=O)ONS(=O)(=O)c1ccccc1. The summed E-state index contributed by atoms with van der Waals surface area (Å²) in [6.07, 6.45) is -0.514. The molecule has 33 heavy (non-hydrogen) atoms. The Morgan fingerprint density at radius 1 is 1.18 bits per heavy atom. The van der Waals surface area contributed by atoms with Crippen LogP contribution in [0.5, 0.6) is 0 Å². The zero-order valence-corrected chi connectivity index (χ0v) is 20.0. The van der Waals surface area contributed by atoms with Crippen LogP contribution >= 0.6 is 0 Å². The van der Waals surface area contributed by atoms with E-state index in [1.54, 1.807) is 31.7 Å². The van der Waals surface area contributed by atoms with Crippen molar-refractivity contribution in [2.45, 2.75) is 50.2 Å². The molecule has 2 atom stereocenters. The summed E-state index contributed by atoms with van der Waals surface area (Å²) in [6.45, 7) is 5.76. The van der Waals surface area contributed by atoms with Crippen molar-refractivity contribution in [3.8, 4) is 0 Å². The number of sulfonamides is 1. The number of ether oxygens (including phenoxy) is 2. The molecule has 2 rings (SSSR count). The smallest absolute Gasteiger partial charge is 0.410 e. The van der Waals surface area contributed by atoms with Gasteiger partial charge in [-0.1, -0.05) is 18.2 Å². The van der Waals surface area contributed by atoms with E-state index in [9.17, 15) is 22.8 Å². The molecule has 184 valence electrons. The Morgan fingerprint density at radius 3 is 2.45 bits per heavy atom. The lowest BCUT2D eigenvalue weighted by Gasteiger charge is -2.33. The molecule has 1 heterocycles. The molecule has 1 aromatic rings. The lowest BCUT2D eigenvalue weighted by Crippen LogP contribution is -2.49. The number of nitrogens with zero attached hydrogens (tertiary/aromatic N) is 1. The molecule has 11 nitrogen and oxygen atoms in total. The van der Waals surface area contributed by atoms with E-state index in [-0.39, 0.29) is 23.9 Å². The van der Waals surface area contributed by atoms with Gasteiger partial charge >= 0.3 is 12.1 Å². The van der Waals surface area contributed by atoms with Crippen molar-refractivity contribution in [2.24, 2.45) is 5.92 Å². The quantitative estimate of drug-likeness (QED) is 0.524. The van der Waals surface area contributed by atoms with Gasteiger partial charge in [-0.2, -0.15) is 0 Å². The number of carbonyl (C=O) groups excluding carboxylic acids is 3. The number of piperidine rings is 1. The number of nitrogens with one attached hydrogen (secondary N) is 2. The summed E-state index contributed by atoms with van der Waals surface area (Å²) in [5.74, 6) is -1.85. The van der Waals surface area contributed by atoms with E-state index in [2.05, 4.69) is 10.2 Å². The summed E-state index contributed by atoms with van der Waals surface area (Å²) < 4.78 is 34.7. The van der Waals surface area contributed by atoms with E-state index < -0.39 is 39.7 Å². The van der Waals surface area contributed by atoms with Gasteiger partial charge < -0.3 is 24.5 Å². The first-order valence-electron chi connectivity index (χ1n) is 10.5. The molecule has 0 aromatic heterocycles. The van der Waals surface area contributed by atoms with Gasteiger partial charge in [-0.05, 0) is 50.6 Å². The maximum atomic E-state index is 12.6. The predicted molar refractivity (Wildman–Crippen MR) is 117 cm³/mol. The summed E-state index contributed by atoms with van der Waals surface area (Å²) >= 11 is 0. The third-order valence-electron chi connectivity index (χ3n) is 4.76. The molecule has 1 fully saturated rings. The van der Waals surface area contributed by atoms with Crippen LogP contribution in [-0.2, 0) is 33.9 Å². The second-order valence-electron chi connectivity index (χ2n) is 8.56. The minimum Gasteiger partial charge on any atom is -0.444 e. The highest BCUT2D eigenvalue weighted by molar-refractivity contribution is 7.89. The van der Waals surface area contributed by atoms with Crippen LogP contribution in [0.2, 0.25) is 0 Å². The molecule has 12 heteroatoms. The Labute approximate surface area is 193 Å². The van der Waals surface area contributed by atoms with Crippen LogP contribution < -0.4 is 10.2 Å². The zero-order valence-electron chi connectivity index (χ0n) is 19.2. The predicted octanol–water partition coefficient (Wildman–Crippen LogP) is 1.20. The number of carbonyl (C=O) groups is 3. The first kappa shape index (κ1) is 26.6. The Morgan fingerprint density at radius 2 is 1.85 bits per heavy atom. The molecule has 1 aliphatic rings. The standard InChI is InChI=1S/C21H31N3O8S/c1-21(2,3)31-20(27)24-12-8-9-15(14-24)18(25)22-13-17(30-4)19(26)32-23-33(28,29)16-10-6-5-7-11-16/h5-7,10-11,15,17,23H,8-9,12-14H2,1-4H3,(H,22,25)/t15?,17-/m0/s1. The molecule has 1 unspecified atom stereocenters. The highest BCUT2D eigenvalue weighted by Crippen LogP contribution is 2.19. The fourth-order valence-corrected chi connectivity index (χ4v) is 3.90. The third kappa shape index (κ3) is 8.30. The Balaban J connectivity index is 1.85. The Hall–Kier alpha value is -2.70.